The predicted molar refractivity (Wildman–Crippen MR) is 293 cm³/mol. The Labute approximate surface area is 425 Å². The molecule has 0 radical (unpaired) electrons. The third-order valence-electron chi connectivity index (χ3n) is 11.8. The molecule has 0 aliphatic carbocycles. The first-order chi connectivity index (χ1) is 33.4. The number of phosphoric ester groups is 1. The fraction of sp³-hybridized carbons (Fsp3) is 0.729. The van der Waals surface area contributed by atoms with Crippen molar-refractivity contribution < 1.29 is 37.3 Å². The molecule has 0 saturated carbocycles. The van der Waals surface area contributed by atoms with Gasteiger partial charge in [-0.3, -0.25) is 14.2 Å². The first-order valence-corrected chi connectivity index (χ1v) is 29.4. The van der Waals surface area contributed by atoms with E-state index < -0.39 is 26.6 Å². The number of quaternary nitrogens is 1. The van der Waals surface area contributed by atoms with Crippen LogP contribution in [0.1, 0.15) is 226 Å². The van der Waals surface area contributed by atoms with E-state index in [1.54, 1.807) is 0 Å². The molecule has 0 rings (SSSR count). The van der Waals surface area contributed by atoms with Gasteiger partial charge in [-0.2, -0.15) is 0 Å². The van der Waals surface area contributed by atoms with Crippen LogP contribution in [-0.2, 0) is 27.9 Å². The summed E-state index contributed by atoms with van der Waals surface area (Å²) in [6.07, 6.45) is 62.6. The zero-order valence-electron chi connectivity index (χ0n) is 45.2. The molecule has 9 nitrogen and oxygen atoms in total. The summed E-state index contributed by atoms with van der Waals surface area (Å²) in [5, 5.41) is 3.00. The molecular weight excluding hydrogens is 880 g/mol. The second kappa shape index (κ2) is 48.8. The lowest BCUT2D eigenvalue weighted by Gasteiger charge is -2.30. The summed E-state index contributed by atoms with van der Waals surface area (Å²) in [4.78, 5) is 39.8. The van der Waals surface area contributed by atoms with Crippen molar-refractivity contribution in [1.29, 1.82) is 0 Å². The standard InChI is InChI=1S/C59H105N2O7P/c1-7-10-13-16-19-22-25-27-28-29-30-31-32-34-37-40-43-46-49-52-59(63)68-57(50-47-44-41-38-36-33-26-23-20-17-14-11-8-2)56(55-67-69(64,65)66-54-53-61(4,5)6)60-58(62)51-48-45-42-39-35-24-21-18-15-12-9-3/h10,13,18-19,21-22,27-28,30-31,34,37,47,50,56-57H,7-9,11-12,14-17,20,23-26,29,32-33,35-36,38-46,48-49,51-55H2,1-6H3,(H-,60,62,64,65)/b13-10-,21-18-,22-19-,28-27-,31-30-,37-34-,50-47-. The summed E-state index contributed by atoms with van der Waals surface area (Å²) in [6, 6.07) is -0.908. The predicted octanol–water partition coefficient (Wildman–Crippen LogP) is 16.0. The van der Waals surface area contributed by atoms with Crippen molar-refractivity contribution in [2.24, 2.45) is 0 Å². The van der Waals surface area contributed by atoms with E-state index in [-0.39, 0.29) is 24.9 Å². The molecule has 1 amide bonds. The van der Waals surface area contributed by atoms with Gasteiger partial charge >= 0.3 is 5.97 Å². The molecule has 398 valence electrons. The number of nitrogens with zero attached hydrogens (tertiary/aromatic N) is 1. The number of likely N-dealkylation sites (N-methyl/N-ethyl adjacent to an activating group) is 1. The molecule has 0 fully saturated rings. The van der Waals surface area contributed by atoms with Gasteiger partial charge in [0.05, 0.1) is 33.8 Å². The second-order valence-corrected chi connectivity index (χ2v) is 21.1. The maximum Gasteiger partial charge on any atom is 0.306 e. The number of unbranched alkanes of at least 4 members (excludes halogenated alkanes) is 21. The quantitative estimate of drug-likeness (QED) is 0.0212. The van der Waals surface area contributed by atoms with Gasteiger partial charge in [-0.05, 0) is 96.0 Å². The minimum atomic E-state index is -4.70. The molecule has 0 aliphatic rings. The molecule has 0 aromatic heterocycles. The SMILES string of the molecule is CC/C=C\C/C=C\C/C=C\C/C=C\C/C=C\CCCCCC(=O)OC(/C=C\CCCCCCCCCCCCC)C(COP(=O)([O-])OCC[N+](C)(C)C)NC(=O)CCCCCCC/C=C\CCCC. The molecule has 0 bridgehead atoms. The topological polar surface area (TPSA) is 114 Å². The van der Waals surface area contributed by atoms with E-state index in [2.05, 4.69) is 99.0 Å². The van der Waals surface area contributed by atoms with Crippen molar-refractivity contribution in [3.8, 4) is 0 Å². The number of hydrogen-bond donors (Lipinski definition) is 1. The number of ether oxygens (including phenoxy) is 1. The van der Waals surface area contributed by atoms with Crippen LogP contribution in [0.5, 0.6) is 0 Å². The zero-order chi connectivity index (χ0) is 50.8. The monoisotopic (exact) mass is 985 g/mol. The van der Waals surface area contributed by atoms with Crippen LogP contribution in [0.3, 0.4) is 0 Å². The number of hydrogen-bond acceptors (Lipinski definition) is 7. The van der Waals surface area contributed by atoms with E-state index in [0.29, 0.717) is 23.9 Å². The van der Waals surface area contributed by atoms with E-state index >= 15 is 0 Å². The van der Waals surface area contributed by atoms with Gasteiger partial charge in [0.25, 0.3) is 7.82 Å². The van der Waals surface area contributed by atoms with Crippen molar-refractivity contribution in [3.05, 3.63) is 85.1 Å². The summed E-state index contributed by atoms with van der Waals surface area (Å²) in [7, 11) is 1.15. The van der Waals surface area contributed by atoms with Gasteiger partial charge in [0.1, 0.15) is 19.3 Å². The van der Waals surface area contributed by atoms with Crippen LogP contribution in [0.25, 0.3) is 0 Å². The fourth-order valence-corrected chi connectivity index (χ4v) is 8.19. The Kier molecular flexibility index (Phi) is 46.8. The number of nitrogens with one attached hydrogen (secondary N) is 1. The van der Waals surface area contributed by atoms with Crippen LogP contribution in [0.2, 0.25) is 0 Å². The summed E-state index contributed by atoms with van der Waals surface area (Å²) in [5.74, 6) is -0.595. The highest BCUT2D eigenvalue weighted by Crippen LogP contribution is 2.38. The van der Waals surface area contributed by atoms with Crippen molar-refractivity contribution in [2.75, 3.05) is 40.9 Å². The minimum absolute atomic E-state index is 0.0329. The van der Waals surface area contributed by atoms with Gasteiger partial charge in [-0.15, -0.1) is 0 Å². The highest BCUT2D eigenvalue weighted by Gasteiger charge is 2.27. The number of carbonyl (C=O) groups is 2. The van der Waals surface area contributed by atoms with Crippen molar-refractivity contribution in [1.82, 2.24) is 5.32 Å². The average Bonchev–Trinajstić information content (AvgIpc) is 3.31. The van der Waals surface area contributed by atoms with E-state index in [1.165, 1.54) is 70.6 Å². The zero-order valence-corrected chi connectivity index (χ0v) is 46.1. The van der Waals surface area contributed by atoms with Gasteiger partial charge < -0.3 is 28.5 Å². The molecule has 1 N–H and O–H groups in total. The highest BCUT2D eigenvalue weighted by atomic mass is 31.2. The molecule has 0 aliphatic heterocycles. The van der Waals surface area contributed by atoms with Crippen molar-refractivity contribution in [2.45, 2.75) is 238 Å². The molecule has 3 atom stereocenters. The first-order valence-electron chi connectivity index (χ1n) is 27.9. The Balaban J connectivity index is 5.43. The smallest absolute Gasteiger partial charge is 0.306 e. The molecule has 0 aromatic carbocycles. The van der Waals surface area contributed by atoms with Gasteiger partial charge in [0, 0.05) is 12.8 Å². The fourth-order valence-electron chi connectivity index (χ4n) is 7.47. The van der Waals surface area contributed by atoms with E-state index in [0.717, 1.165) is 116 Å². The van der Waals surface area contributed by atoms with Crippen molar-refractivity contribution >= 4 is 19.7 Å². The summed E-state index contributed by atoms with van der Waals surface area (Å²) < 4.78 is 30.1. The molecule has 10 heteroatoms. The molecule has 0 aromatic rings. The van der Waals surface area contributed by atoms with Crippen molar-refractivity contribution in [3.63, 3.8) is 0 Å². The first kappa shape index (κ1) is 66.2. The number of allylic oxidation sites excluding steroid dienone is 13. The summed E-state index contributed by atoms with van der Waals surface area (Å²) in [6.45, 7) is 6.64. The maximum atomic E-state index is 13.4. The number of esters is 1. The summed E-state index contributed by atoms with van der Waals surface area (Å²) >= 11 is 0. The van der Waals surface area contributed by atoms with Crippen LogP contribution in [0.15, 0.2) is 85.1 Å². The van der Waals surface area contributed by atoms with Crippen LogP contribution < -0.4 is 10.2 Å². The molecule has 69 heavy (non-hydrogen) atoms. The van der Waals surface area contributed by atoms with Gasteiger partial charge in [0.2, 0.25) is 5.91 Å². The van der Waals surface area contributed by atoms with Gasteiger partial charge in [-0.1, -0.05) is 202 Å². The molecule has 0 saturated heterocycles. The Morgan fingerprint density at radius 2 is 0.942 bits per heavy atom. The van der Waals surface area contributed by atoms with Crippen LogP contribution >= 0.6 is 7.82 Å². The number of amides is 1. The number of carbonyl (C=O) groups excluding carboxylic acids is 2. The van der Waals surface area contributed by atoms with Crippen LogP contribution in [0.4, 0.5) is 0 Å². The van der Waals surface area contributed by atoms with E-state index in [9.17, 15) is 19.0 Å². The van der Waals surface area contributed by atoms with E-state index in [1.807, 2.05) is 33.3 Å². The third kappa shape index (κ3) is 49.9. The Bertz CT molecular complexity index is 1460. The lowest BCUT2D eigenvalue weighted by atomic mass is 10.0. The van der Waals surface area contributed by atoms with Crippen LogP contribution in [-0.4, -0.2) is 69.4 Å². The molecule has 3 unspecified atom stereocenters. The van der Waals surface area contributed by atoms with Crippen LogP contribution in [0, 0.1) is 0 Å². The normalized spacial score (nSPS) is 14.5. The van der Waals surface area contributed by atoms with Gasteiger partial charge in [-0.25, -0.2) is 0 Å². The Morgan fingerprint density at radius 3 is 1.46 bits per heavy atom. The maximum absolute atomic E-state index is 13.4. The largest absolute Gasteiger partial charge is 0.756 e. The van der Waals surface area contributed by atoms with Gasteiger partial charge in [0.15, 0.2) is 0 Å². The lowest BCUT2D eigenvalue weighted by molar-refractivity contribution is -0.870. The third-order valence-corrected chi connectivity index (χ3v) is 12.8. The average molecular weight is 985 g/mol. The minimum Gasteiger partial charge on any atom is -0.756 e. The lowest BCUT2D eigenvalue weighted by Crippen LogP contribution is -2.47. The Morgan fingerprint density at radius 1 is 0.522 bits per heavy atom. The number of phosphoric acid groups is 1. The second-order valence-electron chi connectivity index (χ2n) is 19.7. The van der Waals surface area contributed by atoms with E-state index in [4.69, 9.17) is 13.8 Å². The molecule has 0 heterocycles. The molecular formula is C59H105N2O7P. The molecule has 0 spiro atoms. The number of rotatable bonds is 49. The highest BCUT2D eigenvalue weighted by molar-refractivity contribution is 7.45. The Hall–Kier alpha value is -2.81. The summed E-state index contributed by atoms with van der Waals surface area (Å²) in [5.41, 5.74) is 0.